The zero-order chi connectivity index (χ0) is 22.0. The second-order valence-corrected chi connectivity index (χ2v) is 7.92. The Morgan fingerprint density at radius 1 is 1.21 bits per heavy atom. The number of aromatic hydroxyl groups is 1. The van der Waals surface area contributed by atoms with E-state index in [4.69, 9.17) is 0 Å². The third kappa shape index (κ3) is 4.70. The Labute approximate surface area is 163 Å². The van der Waals surface area contributed by atoms with E-state index in [0.29, 0.717) is 12.6 Å². The van der Waals surface area contributed by atoms with Gasteiger partial charge in [0.25, 0.3) is 9.84 Å². The average molecular weight is 433 g/mol. The van der Waals surface area contributed by atoms with Crippen LogP contribution in [0.3, 0.4) is 0 Å². The van der Waals surface area contributed by atoms with Crippen molar-refractivity contribution in [1.29, 1.82) is 0 Å². The SMILES string of the molecule is CCNc1ccc(S(=O)(=O)C(F)(F)F)cc1NC(=O)Cn1ccc(=O)c(O)c1C. The van der Waals surface area contributed by atoms with E-state index in [1.54, 1.807) is 6.92 Å². The molecule has 0 saturated carbocycles. The molecule has 1 amide bonds. The fourth-order valence-electron chi connectivity index (χ4n) is 2.45. The van der Waals surface area contributed by atoms with Gasteiger partial charge in [-0.3, -0.25) is 9.59 Å². The first kappa shape index (κ1) is 22.3. The van der Waals surface area contributed by atoms with Crippen molar-refractivity contribution < 1.29 is 31.5 Å². The molecule has 0 fully saturated rings. The summed E-state index contributed by atoms with van der Waals surface area (Å²) in [6.07, 6.45) is 1.27. The summed E-state index contributed by atoms with van der Waals surface area (Å²) in [6.45, 7) is 3.10. The molecular formula is C17H18F3N3O5S. The zero-order valence-corrected chi connectivity index (χ0v) is 16.2. The van der Waals surface area contributed by atoms with Crippen molar-refractivity contribution in [2.45, 2.75) is 30.8 Å². The lowest BCUT2D eigenvalue weighted by molar-refractivity contribution is -0.116. The molecule has 2 rings (SSSR count). The van der Waals surface area contributed by atoms with Gasteiger partial charge >= 0.3 is 5.51 Å². The van der Waals surface area contributed by atoms with Crippen LogP contribution in [0.15, 0.2) is 40.2 Å². The number of rotatable bonds is 6. The molecule has 0 aliphatic heterocycles. The summed E-state index contributed by atoms with van der Waals surface area (Å²) in [5.74, 6) is -1.25. The minimum Gasteiger partial charge on any atom is -0.503 e. The third-order valence-electron chi connectivity index (χ3n) is 3.97. The van der Waals surface area contributed by atoms with E-state index in [9.17, 15) is 36.3 Å². The van der Waals surface area contributed by atoms with Gasteiger partial charge in [-0.1, -0.05) is 0 Å². The number of carbonyl (C=O) groups is 1. The molecule has 12 heteroatoms. The van der Waals surface area contributed by atoms with Gasteiger partial charge in [0.1, 0.15) is 6.54 Å². The summed E-state index contributed by atoms with van der Waals surface area (Å²) in [5.41, 5.74) is -5.93. The molecule has 0 radical (unpaired) electrons. The summed E-state index contributed by atoms with van der Waals surface area (Å²) in [6, 6.07) is 3.68. The van der Waals surface area contributed by atoms with Gasteiger partial charge in [-0.15, -0.1) is 0 Å². The van der Waals surface area contributed by atoms with Gasteiger partial charge < -0.3 is 20.3 Å². The molecule has 3 N–H and O–H groups in total. The maximum absolute atomic E-state index is 12.8. The van der Waals surface area contributed by atoms with Crippen molar-refractivity contribution >= 4 is 27.1 Å². The molecule has 0 saturated heterocycles. The van der Waals surface area contributed by atoms with E-state index in [0.717, 1.165) is 18.2 Å². The Morgan fingerprint density at radius 2 is 1.86 bits per heavy atom. The molecule has 8 nitrogen and oxygen atoms in total. The fraction of sp³-hybridized carbons (Fsp3) is 0.294. The van der Waals surface area contributed by atoms with E-state index in [2.05, 4.69) is 10.6 Å². The highest BCUT2D eigenvalue weighted by Gasteiger charge is 2.47. The van der Waals surface area contributed by atoms with Gasteiger partial charge in [0, 0.05) is 18.8 Å². The third-order valence-corrected chi connectivity index (χ3v) is 5.46. The Balaban J connectivity index is 2.37. The molecular weight excluding hydrogens is 415 g/mol. The van der Waals surface area contributed by atoms with Crippen molar-refractivity contribution in [3.8, 4) is 5.75 Å². The molecule has 0 spiro atoms. The molecule has 2 aromatic rings. The lowest BCUT2D eigenvalue weighted by Gasteiger charge is -2.16. The van der Waals surface area contributed by atoms with Crippen LogP contribution < -0.4 is 16.1 Å². The summed E-state index contributed by atoms with van der Waals surface area (Å²) < 4.78 is 63.0. The maximum Gasteiger partial charge on any atom is 0.501 e. The number of anilines is 2. The number of hydrogen-bond acceptors (Lipinski definition) is 6. The predicted octanol–water partition coefficient (Wildman–Crippen LogP) is 2.23. The second-order valence-electron chi connectivity index (χ2n) is 5.98. The van der Waals surface area contributed by atoms with E-state index >= 15 is 0 Å². The van der Waals surface area contributed by atoms with Crippen molar-refractivity contribution in [3.05, 3.63) is 46.4 Å². The number of halogens is 3. The fourth-order valence-corrected chi connectivity index (χ4v) is 3.24. The summed E-state index contributed by atoms with van der Waals surface area (Å²) >= 11 is 0. The number of benzene rings is 1. The number of nitrogens with zero attached hydrogens (tertiary/aromatic N) is 1. The van der Waals surface area contributed by atoms with Gasteiger partial charge in [0.05, 0.1) is 22.0 Å². The lowest BCUT2D eigenvalue weighted by atomic mass is 10.2. The molecule has 0 aliphatic rings. The van der Waals surface area contributed by atoms with Gasteiger partial charge in [-0.05, 0) is 32.0 Å². The van der Waals surface area contributed by atoms with Gasteiger partial charge in [-0.2, -0.15) is 13.2 Å². The Bertz CT molecular complexity index is 1090. The Hall–Kier alpha value is -3.02. The Morgan fingerprint density at radius 3 is 2.45 bits per heavy atom. The summed E-state index contributed by atoms with van der Waals surface area (Å²) in [5, 5.41) is 14.8. The molecule has 158 valence electrons. The van der Waals surface area contributed by atoms with E-state index in [-0.39, 0.29) is 23.6 Å². The van der Waals surface area contributed by atoms with Crippen LogP contribution in [0.5, 0.6) is 5.75 Å². The van der Waals surface area contributed by atoms with Crippen LogP contribution in [0.4, 0.5) is 24.5 Å². The van der Waals surface area contributed by atoms with Crippen LogP contribution in [0.25, 0.3) is 0 Å². The quantitative estimate of drug-likeness (QED) is 0.643. The highest BCUT2D eigenvalue weighted by molar-refractivity contribution is 7.92. The molecule has 1 aromatic heterocycles. The number of aromatic nitrogens is 1. The number of hydrogen-bond donors (Lipinski definition) is 3. The second kappa shape index (κ2) is 8.15. The molecule has 0 atom stereocenters. The van der Waals surface area contributed by atoms with E-state index < -0.39 is 37.3 Å². The van der Waals surface area contributed by atoms with Crippen molar-refractivity contribution in [2.75, 3.05) is 17.2 Å². The first-order chi connectivity index (χ1) is 13.4. The lowest BCUT2D eigenvalue weighted by Crippen LogP contribution is -2.24. The maximum atomic E-state index is 12.8. The standard InChI is InChI=1S/C17H18F3N3O5S/c1-3-21-12-5-4-11(29(27,28)17(18,19)20)8-13(12)22-15(25)9-23-7-6-14(24)16(26)10(23)2/h4-8,21,26H,3,9H2,1-2H3,(H,22,25). The minimum atomic E-state index is -5.59. The highest BCUT2D eigenvalue weighted by Crippen LogP contribution is 2.34. The predicted molar refractivity (Wildman–Crippen MR) is 99.6 cm³/mol. The number of sulfone groups is 1. The van der Waals surface area contributed by atoms with Crippen LogP contribution in [0.1, 0.15) is 12.6 Å². The summed E-state index contributed by atoms with van der Waals surface area (Å²) in [4.78, 5) is 22.7. The number of alkyl halides is 3. The highest BCUT2D eigenvalue weighted by atomic mass is 32.2. The number of nitrogens with one attached hydrogen (secondary N) is 2. The van der Waals surface area contributed by atoms with Crippen molar-refractivity contribution in [1.82, 2.24) is 4.57 Å². The number of amides is 1. The van der Waals surface area contributed by atoms with Crippen LogP contribution >= 0.6 is 0 Å². The summed E-state index contributed by atoms with van der Waals surface area (Å²) in [7, 11) is -5.59. The van der Waals surface area contributed by atoms with Crippen LogP contribution in [-0.4, -0.2) is 36.1 Å². The first-order valence-electron chi connectivity index (χ1n) is 8.26. The first-order valence-corrected chi connectivity index (χ1v) is 9.75. The van der Waals surface area contributed by atoms with Crippen molar-refractivity contribution in [3.63, 3.8) is 0 Å². The van der Waals surface area contributed by atoms with E-state index in [1.807, 2.05) is 0 Å². The largest absolute Gasteiger partial charge is 0.503 e. The van der Waals surface area contributed by atoms with Crippen molar-refractivity contribution in [2.24, 2.45) is 0 Å². The minimum absolute atomic E-state index is 0.118. The molecule has 1 aromatic carbocycles. The molecule has 0 unspecified atom stereocenters. The van der Waals surface area contributed by atoms with Gasteiger partial charge in [0.15, 0.2) is 5.75 Å². The molecule has 0 aliphatic carbocycles. The smallest absolute Gasteiger partial charge is 0.501 e. The number of carbonyl (C=O) groups excluding carboxylic acids is 1. The van der Waals surface area contributed by atoms with Crippen LogP contribution in [0.2, 0.25) is 0 Å². The van der Waals surface area contributed by atoms with Gasteiger partial charge in [-0.25, -0.2) is 8.42 Å². The monoisotopic (exact) mass is 433 g/mol. The zero-order valence-electron chi connectivity index (χ0n) is 15.4. The average Bonchev–Trinajstić information content (AvgIpc) is 2.63. The molecule has 0 bridgehead atoms. The van der Waals surface area contributed by atoms with Crippen LogP contribution in [0, 0.1) is 6.92 Å². The number of pyridine rings is 1. The normalized spacial score (nSPS) is 11.9. The van der Waals surface area contributed by atoms with Gasteiger partial charge in [0.2, 0.25) is 11.3 Å². The Kier molecular flexibility index (Phi) is 6.26. The molecule has 29 heavy (non-hydrogen) atoms. The van der Waals surface area contributed by atoms with E-state index in [1.165, 1.54) is 17.7 Å². The topological polar surface area (TPSA) is 118 Å². The molecule has 1 heterocycles. The van der Waals surface area contributed by atoms with Crippen LogP contribution in [-0.2, 0) is 21.2 Å².